The lowest BCUT2D eigenvalue weighted by molar-refractivity contribution is -0.389. The second-order valence-corrected chi connectivity index (χ2v) is 6.69. The molecular weight excluding hydrogens is 401 g/mol. The molecule has 0 radical (unpaired) electrons. The van der Waals surface area contributed by atoms with Gasteiger partial charge in [0.1, 0.15) is 5.82 Å². The van der Waals surface area contributed by atoms with Crippen LogP contribution in [-0.4, -0.2) is 15.8 Å². The van der Waals surface area contributed by atoms with Gasteiger partial charge in [-0.05, 0) is 28.1 Å². The molecule has 0 bridgehead atoms. The van der Waals surface area contributed by atoms with Gasteiger partial charge in [0.2, 0.25) is 6.10 Å². The Morgan fingerprint density at radius 3 is 2.59 bits per heavy atom. The van der Waals surface area contributed by atoms with Crippen molar-refractivity contribution >= 4 is 29.1 Å². The number of aromatic nitrogens is 1. The van der Waals surface area contributed by atoms with Crippen LogP contribution < -0.4 is 9.64 Å². The zero-order valence-corrected chi connectivity index (χ0v) is 15.5. The Morgan fingerprint density at radius 1 is 1.14 bits per heavy atom. The topological polar surface area (TPSA) is 85.6 Å². The van der Waals surface area contributed by atoms with E-state index in [0.29, 0.717) is 5.56 Å². The SMILES string of the molecule is O=C1C(c2ccccc2)Oc2ccc([N+](=O)[O-])nc2N1Cc1c(F)cccc1Cl. The fraction of sp³-hybridized carbons (Fsp3) is 0.100. The number of fused-ring (bicyclic) bond motifs is 1. The van der Waals surface area contributed by atoms with Crippen LogP contribution in [0.3, 0.4) is 0 Å². The standard InChI is InChI=1S/C20H13ClFN3O4/c21-14-7-4-8-15(22)13(14)11-24-19-16(9-10-17(23-19)25(27)28)29-18(20(24)26)12-5-2-1-3-6-12/h1-10,18H,11H2. The van der Waals surface area contributed by atoms with Crippen molar-refractivity contribution in [3.63, 3.8) is 0 Å². The number of benzene rings is 2. The van der Waals surface area contributed by atoms with Gasteiger partial charge in [0, 0.05) is 22.2 Å². The molecule has 0 fully saturated rings. The Morgan fingerprint density at radius 2 is 1.90 bits per heavy atom. The molecule has 2 aromatic carbocycles. The zero-order chi connectivity index (χ0) is 20.5. The molecule has 0 aliphatic carbocycles. The van der Waals surface area contributed by atoms with Crippen molar-refractivity contribution in [2.75, 3.05) is 4.90 Å². The third-order valence-corrected chi connectivity index (χ3v) is 4.84. The van der Waals surface area contributed by atoms with E-state index >= 15 is 0 Å². The van der Waals surface area contributed by atoms with E-state index in [4.69, 9.17) is 16.3 Å². The fourth-order valence-corrected chi connectivity index (χ4v) is 3.29. The van der Waals surface area contributed by atoms with Crippen LogP contribution >= 0.6 is 11.6 Å². The molecule has 0 N–H and O–H groups in total. The summed E-state index contributed by atoms with van der Waals surface area (Å²) in [6.07, 6.45) is -1.00. The number of carbonyl (C=O) groups is 1. The predicted molar refractivity (Wildman–Crippen MR) is 103 cm³/mol. The van der Waals surface area contributed by atoms with E-state index in [9.17, 15) is 19.3 Å². The summed E-state index contributed by atoms with van der Waals surface area (Å²) in [6.45, 7) is -0.252. The average molecular weight is 414 g/mol. The fourth-order valence-electron chi connectivity index (χ4n) is 3.07. The Balaban J connectivity index is 1.83. The molecule has 2 heterocycles. The average Bonchev–Trinajstić information content (AvgIpc) is 2.72. The number of nitro groups is 1. The van der Waals surface area contributed by atoms with E-state index < -0.39 is 28.6 Å². The van der Waals surface area contributed by atoms with Gasteiger partial charge in [-0.3, -0.25) is 9.69 Å². The summed E-state index contributed by atoms with van der Waals surface area (Å²) in [5, 5.41) is 11.3. The van der Waals surface area contributed by atoms with Gasteiger partial charge in [-0.25, -0.2) is 4.39 Å². The summed E-state index contributed by atoms with van der Waals surface area (Å²) in [7, 11) is 0. The summed E-state index contributed by atoms with van der Waals surface area (Å²) >= 11 is 6.12. The van der Waals surface area contributed by atoms with Crippen LogP contribution in [0.2, 0.25) is 5.02 Å². The van der Waals surface area contributed by atoms with Gasteiger partial charge in [0.15, 0.2) is 5.75 Å². The number of amides is 1. The maximum Gasteiger partial charge on any atom is 0.366 e. The maximum absolute atomic E-state index is 14.4. The minimum absolute atomic E-state index is 0.0595. The highest BCUT2D eigenvalue weighted by Crippen LogP contribution is 2.40. The number of hydrogen-bond donors (Lipinski definition) is 0. The molecule has 1 aliphatic rings. The second kappa shape index (κ2) is 7.48. The van der Waals surface area contributed by atoms with Crippen LogP contribution in [-0.2, 0) is 11.3 Å². The lowest BCUT2D eigenvalue weighted by Gasteiger charge is -2.31. The normalized spacial score (nSPS) is 15.6. The summed E-state index contributed by atoms with van der Waals surface area (Å²) < 4.78 is 20.1. The quantitative estimate of drug-likeness (QED) is 0.466. The van der Waals surface area contributed by atoms with Crippen molar-refractivity contribution in [3.05, 3.63) is 92.7 Å². The highest BCUT2D eigenvalue weighted by molar-refractivity contribution is 6.31. The van der Waals surface area contributed by atoms with E-state index in [-0.39, 0.29) is 28.7 Å². The van der Waals surface area contributed by atoms with E-state index in [1.165, 1.54) is 30.3 Å². The summed E-state index contributed by atoms with van der Waals surface area (Å²) in [5.74, 6) is -1.47. The van der Waals surface area contributed by atoms with Crippen LogP contribution in [0.5, 0.6) is 5.75 Å². The monoisotopic (exact) mass is 413 g/mol. The van der Waals surface area contributed by atoms with E-state index in [1.54, 1.807) is 30.3 Å². The predicted octanol–water partition coefficient (Wildman–Crippen LogP) is 4.45. The third kappa shape index (κ3) is 3.50. The highest BCUT2D eigenvalue weighted by atomic mass is 35.5. The Labute approximate surface area is 169 Å². The van der Waals surface area contributed by atoms with Crippen molar-refractivity contribution in [1.29, 1.82) is 0 Å². The maximum atomic E-state index is 14.4. The lowest BCUT2D eigenvalue weighted by Crippen LogP contribution is -2.41. The molecular formula is C20H13ClFN3O4. The smallest absolute Gasteiger partial charge is 0.366 e. The first-order chi connectivity index (χ1) is 14.0. The van der Waals surface area contributed by atoms with Crippen molar-refractivity contribution in [2.24, 2.45) is 0 Å². The molecule has 3 aromatic rings. The molecule has 1 aliphatic heterocycles. The summed E-state index contributed by atoms with van der Waals surface area (Å²) in [5.41, 5.74) is 0.668. The van der Waals surface area contributed by atoms with E-state index in [2.05, 4.69) is 4.98 Å². The molecule has 9 heteroatoms. The molecule has 4 rings (SSSR count). The van der Waals surface area contributed by atoms with Gasteiger partial charge in [-0.1, -0.05) is 48.0 Å². The van der Waals surface area contributed by atoms with Gasteiger partial charge in [-0.2, -0.15) is 0 Å². The first-order valence-electron chi connectivity index (χ1n) is 8.57. The highest BCUT2D eigenvalue weighted by Gasteiger charge is 2.40. The number of halogens is 2. The van der Waals surface area contributed by atoms with Crippen molar-refractivity contribution in [2.45, 2.75) is 12.6 Å². The van der Waals surface area contributed by atoms with Crippen molar-refractivity contribution in [3.8, 4) is 5.75 Å². The number of pyridine rings is 1. The Bertz CT molecular complexity index is 1090. The minimum atomic E-state index is -1.00. The molecule has 0 saturated carbocycles. The van der Waals surface area contributed by atoms with Crippen LogP contribution in [0.4, 0.5) is 16.0 Å². The third-order valence-electron chi connectivity index (χ3n) is 4.48. The molecule has 1 amide bonds. The molecule has 146 valence electrons. The van der Waals surface area contributed by atoms with Gasteiger partial charge in [-0.15, -0.1) is 0 Å². The molecule has 0 saturated heterocycles. The summed E-state index contributed by atoms with van der Waals surface area (Å²) in [6, 6.07) is 15.5. The van der Waals surface area contributed by atoms with Crippen LogP contribution in [0.25, 0.3) is 0 Å². The molecule has 29 heavy (non-hydrogen) atoms. The second-order valence-electron chi connectivity index (χ2n) is 6.28. The minimum Gasteiger partial charge on any atom is -0.469 e. The molecule has 1 unspecified atom stereocenters. The van der Waals surface area contributed by atoms with E-state index in [1.807, 2.05) is 0 Å². The zero-order valence-electron chi connectivity index (χ0n) is 14.8. The number of rotatable bonds is 4. The first kappa shape index (κ1) is 18.8. The van der Waals surface area contributed by atoms with Crippen LogP contribution in [0.15, 0.2) is 60.7 Å². The first-order valence-corrected chi connectivity index (χ1v) is 8.95. The van der Waals surface area contributed by atoms with Gasteiger partial charge in [0.25, 0.3) is 11.7 Å². The number of nitrogens with zero attached hydrogens (tertiary/aromatic N) is 3. The Kier molecular flexibility index (Phi) is 4.85. The van der Waals surface area contributed by atoms with Gasteiger partial charge >= 0.3 is 5.82 Å². The lowest BCUT2D eigenvalue weighted by atomic mass is 10.1. The molecule has 1 aromatic heterocycles. The molecule has 0 spiro atoms. The van der Waals surface area contributed by atoms with E-state index in [0.717, 1.165) is 4.90 Å². The van der Waals surface area contributed by atoms with Gasteiger partial charge in [0.05, 0.1) is 6.54 Å². The molecule has 1 atom stereocenters. The van der Waals surface area contributed by atoms with Crippen molar-refractivity contribution < 1.29 is 18.8 Å². The number of ether oxygens (including phenoxy) is 1. The molecule has 7 nitrogen and oxygen atoms in total. The number of carbonyl (C=O) groups excluding carboxylic acids is 1. The van der Waals surface area contributed by atoms with Gasteiger partial charge < -0.3 is 14.9 Å². The Hall–Kier alpha value is -3.52. The number of hydrogen-bond acceptors (Lipinski definition) is 5. The number of anilines is 1. The largest absolute Gasteiger partial charge is 0.469 e. The summed E-state index contributed by atoms with van der Waals surface area (Å²) in [4.78, 5) is 28.8. The van der Waals surface area contributed by atoms with Crippen LogP contribution in [0, 0.1) is 15.9 Å². The van der Waals surface area contributed by atoms with Crippen molar-refractivity contribution in [1.82, 2.24) is 4.98 Å². The van der Waals surface area contributed by atoms with Crippen LogP contribution in [0.1, 0.15) is 17.2 Å².